The second kappa shape index (κ2) is 5.60. The van der Waals surface area contributed by atoms with Gasteiger partial charge in [-0.3, -0.25) is 4.79 Å². The van der Waals surface area contributed by atoms with Crippen molar-refractivity contribution in [2.75, 3.05) is 5.32 Å². The highest BCUT2D eigenvalue weighted by atomic mass is 19.4. The molecule has 3 rings (SSSR count). The molecule has 1 aromatic carbocycles. The zero-order valence-corrected chi connectivity index (χ0v) is 12.1. The maximum Gasteiger partial charge on any atom is 0.573 e. The molecule has 1 aliphatic carbocycles. The van der Waals surface area contributed by atoms with Gasteiger partial charge < -0.3 is 14.6 Å². The summed E-state index contributed by atoms with van der Waals surface area (Å²) in [5.41, 5.74) is 0.376. The van der Waals surface area contributed by atoms with Crippen molar-refractivity contribution in [3.8, 4) is 5.75 Å². The van der Waals surface area contributed by atoms with Gasteiger partial charge in [-0.2, -0.15) is 0 Å². The van der Waals surface area contributed by atoms with Gasteiger partial charge in [0.15, 0.2) is 5.82 Å². The van der Waals surface area contributed by atoms with Gasteiger partial charge in [0.25, 0.3) is 0 Å². The van der Waals surface area contributed by atoms with Crippen molar-refractivity contribution in [1.29, 1.82) is 0 Å². The predicted molar refractivity (Wildman–Crippen MR) is 73.8 cm³/mol. The Hall–Kier alpha value is -2.51. The number of halogens is 3. The molecule has 2 aromatic rings. The number of nitrogens with zero attached hydrogens (tertiary/aromatic N) is 1. The number of aromatic nitrogens is 1. The van der Waals surface area contributed by atoms with Crippen molar-refractivity contribution in [3.05, 3.63) is 41.7 Å². The lowest BCUT2D eigenvalue weighted by molar-refractivity contribution is -0.274. The van der Waals surface area contributed by atoms with E-state index >= 15 is 0 Å². The summed E-state index contributed by atoms with van der Waals surface area (Å²) in [7, 11) is 0. The third-order valence-electron chi connectivity index (χ3n) is 3.55. The third-order valence-corrected chi connectivity index (χ3v) is 3.55. The van der Waals surface area contributed by atoms with Crippen LogP contribution in [0.5, 0.6) is 5.75 Å². The van der Waals surface area contributed by atoms with E-state index in [0.717, 1.165) is 0 Å². The number of hydrogen-bond donors (Lipinski definition) is 1. The van der Waals surface area contributed by atoms with E-state index in [1.54, 1.807) is 25.1 Å². The molecule has 5 nitrogen and oxygen atoms in total. The van der Waals surface area contributed by atoms with Crippen LogP contribution in [0.25, 0.3) is 0 Å². The number of nitrogens with one attached hydrogen (secondary N) is 1. The number of alkyl halides is 3. The maximum absolute atomic E-state index is 12.4. The van der Waals surface area contributed by atoms with Gasteiger partial charge in [0.05, 0.1) is 0 Å². The first-order valence-corrected chi connectivity index (χ1v) is 6.92. The predicted octanol–water partition coefficient (Wildman–Crippen LogP) is 3.62. The molecule has 8 heteroatoms. The number of carbonyl (C=O) groups excluding carboxylic acids is 1. The zero-order valence-electron chi connectivity index (χ0n) is 12.1. The average molecular weight is 326 g/mol. The van der Waals surface area contributed by atoms with Gasteiger partial charge in [-0.15, -0.1) is 13.2 Å². The molecule has 0 saturated heterocycles. The van der Waals surface area contributed by atoms with Crippen LogP contribution in [0.2, 0.25) is 0 Å². The van der Waals surface area contributed by atoms with E-state index in [2.05, 4.69) is 15.2 Å². The third kappa shape index (κ3) is 3.64. The Bertz CT molecular complexity index is 727. The van der Waals surface area contributed by atoms with Gasteiger partial charge in [-0.05, 0) is 30.9 Å². The minimum absolute atomic E-state index is 0.266. The molecule has 0 aliphatic heterocycles. The molecule has 0 radical (unpaired) electrons. The zero-order chi connectivity index (χ0) is 16.6. The van der Waals surface area contributed by atoms with E-state index < -0.39 is 12.3 Å². The number of ether oxygens (including phenoxy) is 1. The van der Waals surface area contributed by atoms with Crippen LogP contribution < -0.4 is 10.1 Å². The van der Waals surface area contributed by atoms with Crippen LogP contribution in [0.1, 0.15) is 23.7 Å². The van der Waals surface area contributed by atoms with Crippen molar-refractivity contribution < 1.29 is 27.2 Å². The fourth-order valence-electron chi connectivity index (χ4n) is 2.48. The lowest BCUT2D eigenvalue weighted by Gasteiger charge is -2.12. The highest BCUT2D eigenvalue weighted by molar-refractivity contribution is 5.94. The quantitative estimate of drug-likeness (QED) is 0.932. The summed E-state index contributed by atoms with van der Waals surface area (Å²) in [6, 6.07) is 7.43. The van der Waals surface area contributed by atoms with Crippen LogP contribution >= 0.6 is 0 Å². The fourth-order valence-corrected chi connectivity index (χ4v) is 2.48. The van der Waals surface area contributed by atoms with E-state index in [0.29, 0.717) is 17.7 Å². The SMILES string of the molecule is Cc1cc(NC(=O)[C@H]2C[C@H]2c2ccccc2OC(F)(F)F)no1. The van der Waals surface area contributed by atoms with E-state index in [-0.39, 0.29) is 23.4 Å². The Kier molecular flexibility index (Phi) is 3.75. The van der Waals surface area contributed by atoms with Gasteiger partial charge >= 0.3 is 6.36 Å². The van der Waals surface area contributed by atoms with Crippen molar-refractivity contribution in [3.63, 3.8) is 0 Å². The number of hydrogen-bond acceptors (Lipinski definition) is 4. The Morgan fingerprint density at radius 1 is 1.39 bits per heavy atom. The summed E-state index contributed by atoms with van der Waals surface area (Å²) in [4.78, 5) is 12.1. The van der Waals surface area contributed by atoms with Crippen molar-refractivity contribution in [1.82, 2.24) is 5.16 Å². The minimum atomic E-state index is -4.76. The van der Waals surface area contributed by atoms with Gasteiger partial charge in [0.2, 0.25) is 5.91 Å². The summed E-state index contributed by atoms with van der Waals surface area (Å²) in [5, 5.41) is 6.23. The summed E-state index contributed by atoms with van der Waals surface area (Å²) in [6.45, 7) is 1.69. The molecule has 0 spiro atoms. The van der Waals surface area contributed by atoms with Crippen LogP contribution in [0, 0.1) is 12.8 Å². The van der Waals surface area contributed by atoms with Gasteiger partial charge in [0.1, 0.15) is 11.5 Å². The van der Waals surface area contributed by atoms with E-state index in [1.807, 2.05) is 0 Å². The molecule has 1 heterocycles. The normalized spacial score (nSPS) is 20.2. The van der Waals surface area contributed by atoms with E-state index in [1.165, 1.54) is 12.1 Å². The first kappa shape index (κ1) is 15.4. The first-order valence-electron chi connectivity index (χ1n) is 6.92. The highest BCUT2D eigenvalue weighted by Gasteiger charge is 2.46. The molecule has 1 saturated carbocycles. The Morgan fingerprint density at radius 3 is 2.78 bits per heavy atom. The molecule has 23 heavy (non-hydrogen) atoms. The second-order valence-electron chi connectivity index (χ2n) is 5.35. The van der Waals surface area contributed by atoms with Crippen LogP contribution in [-0.2, 0) is 4.79 Å². The summed E-state index contributed by atoms with van der Waals surface area (Å²) < 4.78 is 46.2. The molecule has 2 atom stereocenters. The molecular weight excluding hydrogens is 313 g/mol. The second-order valence-corrected chi connectivity index (χ2v) is 5.35. The number of carbonyl (C=O) groups is 1. The lowest BCUT2D eigenvalue weighted by Crippen LogP contribution is -2.18. The van der Waals surface area contributed by atoms with Crippen molar-refractivity contribution in [2.45, 2.75) is 25.6 Å². The van der Waals surface area contributed by atoms with Crippen molar-refractivity contribution >= 4 is 11.7 Å². The van der Waals surface area contributed by atoms with Crippen LogP contribution in [0.3, 0.4) is 0 Å². The number of para-hydroxylation sites is 1. The first-order chi connectivity index (χ1) is 10.8. The lowest BCUT2D eigenvalue weighted by atomic mass is 10.1. The molecular formula is C15H13F3N2O3. The summed E-state index contributed by atoms with van der Waals surface area (Å²) >= 11 is 0. The number of benzene rings is 1. The monoisotopic (exact) mass is 326 g/mol. The fraction of sp³-hybridized carbons (Fsp3) is 0.333. The van der Waals surface area contributed by atoms with Crippen LogP contribution in [0.15, 0.2) is 34.9 Å². The topological polar surface area (TPSA) is 64.4 Å². The molecule has 1 fully saturated rings. The molecule has 1 N–H and O–H groups in total. The summed E-state index contributed by atoms with van der Waals surface area (Å²) in [6.07, 6.45) is -4.30. The molecule has 1 aromatic heterocycles. The number of anilines is 1. The van der Waals surface area contributed by atoms with Crippen LogP contribution in [-0.4, -0.2) is 17.4 Å². The molecule has 122 valence electrons. The van der Waals surface area contributed by atoms with Gasteiger partial charge in [-0.25, -0.2) is 0 Å². The van der Waals surface area contributed by atoms with E-state index in [9.17, 15) is 18.0 Å². The highest BCUT2D eigenvalue weighted by Crippen LogP contribution is 2.51. The Balaban J connectivity index is 1.69. The molecule has 0 bridgehead atoms. The number of aryl methyl sites for hydroxylation is 1. The standard InChI is InChI=1S/C15H13F3N2O3/c1-8-6-13(20-23-8)19-14(21)11-7-10(11)9-4-2-3-5-12(9)22-15(16,17)18/h2-6,10-11H,7H2,1H3,(H,19,20,21)/t10-,11-/m0/s1. The largest absolute Gasteiger partial charge is 0.573 e. The van der Waals surface area contributed by atoms with Crippen molar-refractivity contribution in [2.24, 2.45) is 5.92 Å². The smallest absolute Gasteiger partial charge is 0.405 e. The maximum atomic E-state index is 12.4. The van der Waals surface area contributed by atoms with Gasteiger partial charge in [0, 0.05) is 12.0 Å². The molecule has 1 aliphatic rings. The number of rotatable bonds is 4. The summed E-state index contributed by atoms with van der Waals surface area (Å²) in [5.74, 6) is -0.441. The van der Waals surface area contributed by atoms with Crippen LogP contribution in [0.4, 0.5) is 19.0 Å². The molecule has 1 amide bonds. The molecule has 0 unspecified atom stereocenters. The Morgan fingerprint density at radius 2 is 2.13 bits per heavy atom. The van der Waals surface area contributed by atoms with E-state index in [4.69, 9.17) is 4.52 Å². The average Bonchev–Trinajstić information content (AvgIpc) is 3.15. The Labute approximate surface area is 129 Å². The van der Waals surface area contributed by atoms with Gasteiger partial charge in [-0.1, -0.05) is 23.4 Å². The number of amides is 1. The minimum Gasteiger partial charge on any atom is -0.405 e.